The smallest absolute Gasteiger partial charge is 0.191 e. The van der Waals surface area contributed by atoms with Gasteiger partial charge in [0.15, 0.2) is 5.96 Å². The van der Waals surface area contributed by atoms with Gasteiger partial charge in [0.1, 0.15) is 0 Å². The first-order valence-corrected chi connectivity index (χ1v) is 9.05. The number of rotatable bonds is 4. The number of nitrogens with zero attached hydrogens (tertiary/aromatic N) is 2. The maximum Gasteiger partial charge on any atom is 0.191 e. The molecule has 1 aromatic heterocycles. The van der Waals surface area contributed by atoms with Crippen molar-refractivity contribution in [2.45, 2.75) is 44.8 Å². The number of hydrogen-bond donors (Lipinski definition) is 2. The molecule has 1 atom stereocenters. The molecule has 2 N–H and O–H groups in total. The SMILES string of the molecule is CN=C(NCC(C)N1CCc2sccc2C1)NC1CC=CC1.I. The van der Waals surface area contributed by atoms with Crippen LogP contribution in [-0.4, -0.2) is 43.1 Å². The van der Waals surface area contributed by atoms with Crippen LogP contribution in [0, 0.1) is 0 Å². The minimum Gasteiger partial charge on any atom is -0.355 e. The van der Waals surface area contributed by atoms with Crippen LogP contribution in [0.4, 0.5) is 0 Å². The first kappa shape index (κ1) is 18.7. The van der Waals surface area contributed by atoms with Crippen molar-refractivity contribution < 1.29 is 0 Å². The predicted octanol–water partition coefficient (Wildman–Crippen LogP) is 3.00. The van der Waals surface area contributed by atoms with E-state index in [9.17, 15) is 0 Å². The Morgan fingerprint density at radius 1 is 1.43 bits per heavy atom. The van der Waals surface area contributed by atoms with E-state index in [0.717, 1.165) is 38.4 Å². The fourth-order valence-corrected chi connectivity index (χ4v) is 4.03. The van der Waals surface area contributed by atoms with Crippen LogP contribution in [-0.2, 0) is 13.0 Å². The van der Waals surface area contributed by atoms with E-state index >= 15 is 0 Å². The standard InChI is InChI=1S/C17H26N4S.HI/c1-13(21-9-7-16-14(12-21)8-10-22-16)11-19-17(18-2)20-15-5-3-4-6-15;/h3-4,8,10,13,15H,5-7,9,11-12H2,1-2H3,(H2,18,19,20);1H. The van der Waals surface area contributed by atoms with E-state index in [4.69, 9.17) is 0 Å². The monoisotopic (exact) mass is 446 g/mol. The number of aliphatic imine (C=N–C) groups is 1. The molecule has 0 fully saturated rings. The summed E-state index contributed by atoms with van der Waals surface area (Å²) in [5, 5.41) is 9.20. The zero-order valence-electron chi connectivity index (χ0n) is 13.9. The van der Waals surface area contributed by atoms with Gasteiger partial charge in [0, 0.05) is 43.6 Å². The van der Waals surface area contributed by atoms with Gasteiger partial charge in [-0.1, -0.05) is 12.2 Å². The van der Waals surface area contributed by atoms with Crippen molar-refractivity contribution in [1.29, 1.82) is 0 Å². The third kappa shape index (κ3) is 4.93. The topological polar surface area (TPSA) is 39.7 Å². The summed E-state index contributed by atoms with van der Waals surface area (Å²) in [7, 11) is 1.85. The second-order valence-electron chi connectivity index (χ2n) is 6.18. The van der Waals surface area contributed by atoms with E-state index in [-0.39, 0.29) is 24.0 Å². The third-order valence-corrected chi connectivity index (χ3v) is 5.62. The van der Waals surface area contributed by atoms with Crippen LogP contribution in [0.2, 0.25) is 0 Å². The quantitative estimate of drug-likeness (QED) is 0.323. The predicted molar refractivity (Wildman–Crippen MR) is 110 cm³/mol. The van der Waals surface area contributed by atoms with Crippen molar-refractivity contribution in [3.05, 3.63) is 34.0 Å². The van der Waals surface area contributed by atoms with Gasteiger partial charge in [-0.05, 0) is 43.2 Å². The summed E-state index contributed by atoms with van der Waals surface area (Å²) in [4.78, 5) is 8.48. The molecule has 0 spiro atoms. The lowest BCUT2D eigenvalue weighted by atomic mass is 10.1. The summed E-state index contributed by atoms with van der Waals surface area (Å²) in [6.45, 7) is 5.48. The Bertz CT molecular complexity index is 547. The van der Waals surface area contributed by atoms with Crippen molar-refractivity contribution in [2.75, 3.05) is 20.1 Å². The summed E-state index contributed by atoms with van der Waals surface area (Å²) in [5.74, 6) is 0.925. The molecule has 2 aliphatic rings. The lowest BCUT2D eigenvalue weighted by molar-refractivity contribution is 0.192. The summed E-state index contributed by atoms with van der Waals surface area (Å²) in [6.07, 6.45) is 7.87. The molecule has 1 unspecified atom stereocenters. The molecule has 0 radical (unpaired) electrons. The molecule has 0 bridgehead atoms. The maximum atomic E-state index is 4.35. The van der Waals surface area contributed by atoms with Gasteiger partial charge in [-0.3, -0.25) is 9.89 Å². The summed E-state index contributed by atoms with van der Waals surface area (Å²) in [6, 6.07) is 3.29. The largest absolute Gasteiger partial charge is 0.355 e. The molecule has 3 rings (SSSR count). The lowest BCUT2D eigenvalue weighted by Gasteiger charge is -2.33. The molecule has 0 saturated carbocycles. The maximum absolute atomic E-state index is 4.35. The van der Waals surface area contributed by atoms with E-state index in [2.05, 4.69) is 51.0 Å². The van der Waals surface area contributed by atoms with Crippen LogP contribution in [0.1, 0.15) is 30.2 Å². The average Bonchev–Trinajstić information content (AvgIpc) is 3.21. The Hall–Kier alpha value is -0.600. The fraction of sp³-hybridized carbons (Fsp3) is 0.588. The first-order valence-electron chi connectivity index (χ1n) is 8.17. The van der Waals surface area contributed by atoms with Crippen molar-refractivity contribution in [2.24, 2.45) is 4.99 Å². The van der Waals surface area contributed by atoms with E-state index < -0.39 is 0 Å². The van der Waals surface area contributed by atoms with E-state index in [1.807, 2.05) is 18.4 Å². The summed E-state index contributed by atoms with van der Waals surface area (Å²) in [5.41, 5.74) is 1.52. The first-order chi connectivity index (χ1) is 10.8. The molecule has 128 valence electrons. The molecule has 1 aliphatic heterocycles. The molecule has 0 amide bonds. The Morgan fingerprint density at radius 3 is 2.96 bits per heavy atom. The van der Waals surface area contributed by atoms with Gasteiger partial charge in [0.25, 0.3) is 0 Å². The van der Waals surface area contributed by atoms with Crippen molar-refractivity contribution in [3.8, 4) is 0 Å². The molecule has 6 heteroatoms. The Labute approximate surface area is 160 Å². The molecule has 4 nitrogen and oxygen atoms in total. The number of thiophene rings is 1. The highest BCUT2D eigenvalue weighted by atomic mass is 127. The number of guanidine groups is 1. The van der Waals surface area contributed by atoms with Crippen LogP contribution >= 0.6 is 35.3 Å². The van der Waals surface area contributed by atoms with Gasteiger partial charge in [-0.25, -0.2) is 0 Å². The average molecular weight is 446 g/mol. The lowest BCUT2D eigenvalue weighted by Crippen LogP contribution is -2.48. The van der Waals surface area contributed by atoms with Gasteiger partial charge < -0.3 is 10.6 Å². The van der Waals surface area contributed by atoms with Crippen molar-refractivity contribution in [1.82, 2.24) is 15.5 Å². The molecular formula is C17H27IN4S. The highest BCUT2D eigenvalue weighted by molar-refractivity contribution is 14.0. The van der Waals surface area contributed by atoms with Crippen LogP contribution in [0.3, 0.4) is 0 Å². The van der Waals surface area contributed by atoms with E-state index in [1.165, 1.54) is 12.0 Å². The van der Waals surface area contributed by atoms with Crippen molar-refractivity contribution >= 4 is 41.3 Å². The molecule has 1 aromatic rings. The molecular weight excluding hydrogens is 419 g/mol. The number of fused-ring (bicyclic) bond motifs is 1. The van der Waals surface area contributed by atoms with Crippen LogP contribution in [0.15, 0.2) is 28.6 Å². The molecule has 2 heterocycles. The van der Waals surface area contributed by atoms with E-state index in [1.54, 1.807) is 4.88 Å². The van der Waals surface area contributed by atoms with Gasteiger partial charge in [-0.2, -0.15) is 0 Å². The Morgan fingerprint density at radius 2 is 2.22 bits per heavy atom. The zero-order valence-corrected chi connectivity index (χ0v) is 17.1. The van der Waals surface area contributed by atoms with Crippen molar-refractivity contribution in [3.63, 3.8) is 0 Å². The molecule has 0 saturated heterocycles. The molecule has 1 aliphatic carbocycles. The highest BCUT2D eigenvalue weighted by Crippen LogP contribution is 2.24. The Kier molecular flexibility index (Phi) is 7.36. The minimum atomic E-state index is 0. The van der Waals surface area contributed by atoms with E-state index in [0.29, 0.717) is 12.1 Å². The minimum absolute atomic E-state index is 0. The zero-order chi connectivity index (χ0) is 15.4. The van der Waals surface area contributed by atoms with Crippen LogP contribution < -0.4 is 10.6 Å². The Balaban J connectivity index is 0.00000192. The number of halogens is 1. The molecule has 0 aromatic carbocycles. The second kappa shape index (κ2) is 9.03. The summed E-state index contributed by atoms with van der Waals surface area (Å²) < 4.78 is 0. The van der Waals surface area contributed by atoms with Gasteiger partial charge in [0.05, 0.1) is 0 Å². The summed E-state index contributed by atoms with van der Waals surface area (Å²) >= 11 is 1.90. The second-order valence-corrected chi connectivity index (χ2v) is 7.18. The van der Waals surface area contributed by atoms with Gasteiger partial charge >= 0.3 is 0 Å². The van der Waals surface area contributed by atoms with Crippen LogP contribution in [0.5, 0.6) is 0 Å². The third-order valence-electron chi connectivity index (χ3n) is 4.60. The number of nitrogens with one attached hydrogen (secondary N) is 2. The normalized spacial score (nSPS) is 20.0. The fourth-order valence-electron chi connectivity index (χ4n) is 3.14. The van der Waals surface area contributed by atoms with Crippen LogP contribution in [0.25, 0.3) is 0 Å². The van der Waals surface area contributed by atoms with Gasteiger partial charge in [0.2, 0.25) is 0 Å². The molecule has 23 heavy (non-hydrogen) atoms. The number of hydrogen-bond acceptors (Lipinski definition) is 3. The highest BCUT2D eigenvalue weighted by Gasteiger charge is 2.21. The van der Waals surface area contributed by atoms with Gasteiger partial charge in [-0.15, -0.1) is 35.3 Å².